The van der Waals surface area contributed by atoms with E-state index in [-0.39, 0.29) is 33.9 Å². The maximum atomic E-state index is 13.2. The van der Waals surface area contributed by atoms with Gasteiger partial charge in [-0.1, -0.05) is 32.0 Å². The highest BCUT2D eigenvalue weighted by atomic mass is 16.4. The fourth-order valence-corrected chi connectivity index (χ4v) is 4.51. The van der Waals surface area contributed by atoms with Gasteiger partial charge in [-0.05, 0) is 60.6 Å². The summed E-state index contributed by atoms with van der Waals surface area (Å²) in [6.45, 7) is 6.15. The number of hydrogen-bond donors (Lipinski definition) is 3. The Labute approximate surface area is 200 Å². The lowest BCUT2D eigenvalue weighted by molar-refractivity contribution is 0.0662. The van der Waals surface area contributed by atoms with Crippen LogP contribution in [0.4, 0.5) is 11.4 Å². The van der Waals surface area contributed by atoms with Crippen LogP contribution in [0.25, 0.3) is 16.8 Å². The highest BCUT2D eigenvalue weighted by Crippen LogP contribution is 2.40. The third-order valence-electron chi connectivity index (χ3n) is 6.53. The van der Waals surface area contributed by atoms with Gasteiger partial charge >= 0.3 is 5.97 Å². The number of fused-ring (bicyclic) bond motifs is 1. The molecule has 0 unspecified atom stereocenters. The minimum absolute atomic E-state index is 0.0574. The van der Waals surface area contributed by atoms with Crippen molar-refractivity contribution in [1.82, 2.24) is 9.78 Å². The van der Waals surface area contributed by atoms with Crippen molar-refractivity contribution < 1.29 is 19.4 Å². The van der Waals surface area contributed by atoms with Gasteiger partial charge < -0.3 is 14.6 Å². The quantitative estimate of drug-likeness (QED) is 0.317. The first kappa shape index (κ1) is 22.4. The van der Waals surface area contributed by atoms with Crippen LogP contribution in [0, 0.1) is 6.92 Å². The number of carboxylic acids is 1. The molecule has 2 heterocycles. The van der Waals surface area contributed by atoms with Gasteiger partial charge in [0.1, 0.15) is 5.69 Å². The van der Waals surface area contributed by atoms with Gasteiger partial charge in [-0.25, -0.2) is 9.48 Å². The molecule has 3 N–H and O–H groups in total. The van der Waals surface area contributed by atoms with Crippen molar-refractivity contribution in [2.45, 2.75) is 39.0 Å². The van der Waals surface area contributed by atoms with E-state index in [2.05, 4.69) is 35.2 Å². The molecule has 0 saturated carbocycles. The van der Waals surface area contributed by atoms with Gasteiger partial charge in [0, 0.05) is 11.1 Å². The van der Waals surface area contributed by atoms with Gasteiger partial charge in [0.05, 0.1) is 17.6 Å². The Morgan fingerprint density at radius 3 is 2.71 bits per heavy atom. The topological polar surface area (TPSA) is 133 Å². The van der Waals surface area contributed by atoms with Gasteiger partial charge in [-0.15, -0.1) is 10.2 Å². The lowest BCUT2D eigenvalue weighted by atomic mass is 9.86. The maximum absolute atomic E-state index is 13.2. The second-order valence-electron chi connectivity index (χ2n) is 9.33. The number of hydrogen-bond acceptors (Lipinski definition) is 6. The number of benzene rings is 2. The second kappa shape index (κ2) is 8.12. The molecule has 5 rings (SSSR count). The van der Waals surface area contributed by atoms with Gasteiger partial charge in [-0.3, -0.25) is 9.89 Å². The van der Waals surface area contributed by atoms with Crippen LogP contribution in [0.2, 0.25) is 0 Å². The lowest BCUT2D eigenvalue weighted by Crippen LogP contribution is -2.16. The molecule has 9 heteroatoms. The van der Waals surface area contributed by atoms with Crippen molar-refractivity contribution in [1.29, 1.82) is 0 Å². The summed E-state index contributed by atoms with van der Waals surface area (Å²) in [5, 5.41) is 31.1. The number of aromatic hydroxyl groups is 1. The number of furan rings is 1. The van der Waals surface area contributed by atoms with E-state index in [0.29, 0.717) is 16.8 Å². The molecule has 0 aliphatic heterocycles. The molecule has 0 radical (unpaired) electrons. The number of phenols is 1. The average molecular weight is 473 g/mol. The number of nitrogens with zero attached hydrogens (tertiary/aromatic N) is 3. The Bertz CT molecular complexity index is 1550. The summed E-state index contributed by atoms with van der Waals surface area (Å²) in [5.41, 5.74) is 4.50. The zero-order chi connectivity index (χ0) is 24.9. The van der Waals surface area contributed by atoms with Crippen molar-refractivity contribution in [3.8, 4) is 22.6 Å². The number of phenolic OH excluding ortho intramolecular Hbond substituents is 1. The first-order valence-electron chi connectivity index (χ1n) is 11.2. The van der Waals surface area contributed by atoms with E-state index in [9.17, 15) is 14.7 Å². The van der Waals surface area contributed by atoms with E-state index in [1.807, 2.05) is 12.1 Å². The molecular weight excluding hydrogens is 448 g/mol. The van der Waals surface area contributed by atoms with Crippen molar-refractivity contribution in [3.63, 3.8) is 0 Å². The predicted octanol–water partition coefficient (Wildman–Crippen LogP) is 5.78. The molecule has 4 aromatic rings. The van der Waals surface area contributed by atoms with Crippen molar-refractivity contribution in [3.05, 3.63) is 81.7 Å². The largest absolute Gasteiger partial charge is 0.505 e. The zero-order valence-corrected chi connectivity index (χ0v) is 19.5. The molecule has 0 spiro atoms. The van der Waals surface area contributed by atoms with E-state index < -0.39 is 5.97 Å². The Morgan fingerprint density at radius 2 is 1.97 bits per heavy atom. The number of aromatic carboxylic acids is 1. The highest BCUT2D eigenvalue weighted by molar-refractivity contribution is 5.87. The van der Waals surface area contributed by atoms with E-state index in [1.165, 1.54) is 28.1 Å². The molecule has 0 amide bonds. The average Bonchev–Trinajstić information content (AvgIpc) is 3.50. The number of carboxylic acid groups (broad SMARTS) is 1. The third-order valence-corrected chi connectivity index (χ3v) is 6.53. The Hall–Kier alpha value is -4.40. The van der Waals surface area contributed by atoms with Gasteiger partial charge in [0.15, 0.2) is 11.4 Å². The summed E-state index contributed by atoms with van der Waals surface area (Å²) in [6.07, 6.45) is 3.34. The molecule has 0 bridgehead atoms. The number of aromatic nitrogens is 2. The van der Waals surface area contributed by atoms with Gasteiger partial charge in [-0.2, -0.15) is 0 Å². The molecule has 2 aromatic heterocycles. The van der Waals surface area contributed by atoms with Crippen LogP contribution < -0.4 is 5.56 Å². The highest BCUT2D eigenvalue weighted by Gasteiger charge is 2.30. The van der Waals surface area contributed by atoms with Crippen molar-refractivity contribution >= 4 is 17.3 Å². The Kier molecular flexibility index (Phi) is 5.20. The number of carbonyl (C=O) groups is 1. The van der Waals surface area contributed by atoms with E-state index in [4.69, 9.17) is 9.52 Å². The first-order valence-corrected chi connectivity index (χ1v) is 11.2. The van der Waals surface area contributed by atoms with Gasteiger partial charge in [0.25, 0.3) is 5.56 Å². The number of nitrogens with one attached hydrogen (secondary N) is 1. The molecule has 9 nitrogen and oxygen atoms in total. The molecule has 178 valence electrons. The van der Waals surface area contributed by atoms with Crippen LogP contribution in [0.15, 0.2) is 68.2 Å². The smallest absolute Gasteiger partial charge is 0.371 e. The predicted molar refractivity (Wildman–Crippen MR) is 129 cm³/mol. The lowest BCUT2D eigenvalue weighted by Gasteiger charge is -2.19. The number of aromatic amines is 1. The SMILES string of the molecule is Cc1[nH]n(-c2ccc3c(c2)C(C)(C)CC3)c(=O)c1N=Nc1cccc(-c2coc(C(=O)O)c2)c1O. The number of rotatable bonds is 5. The molecule has 1 aliphatic carbocycles. The summed E-state index contributed by atoms with van der Waals surface area (Å²) in [7, 11) is 0. The summed E-state index contributed by atoms with van der Waals surface area (Å²) < 4.78 is 6.46. The van der Waals surface area contributed by atoms with Crippen molar-refractivity contribution in [2.75, 3.05) is 0 Å². The second-order valence-corrected chi connectivity index (χ2v) is 9.33. The fraction of sp³-hybridized carbons (Fsp3) is 0.231. The molecule has 0 atom stereocenters. The maximum Gasteiger partial charge on any atom is 0.371 e. The van der Waals surface area contributed by atoms with Crippen LogP contribution in [-0.2, 0) is 11.8 Å². The molecule has 35 heavy (non-hydrogen) atoms. The number of H-pyrrole nitrogens is 1. The summed E-state index contributed by atoms with van der Waals surface area (Å²) in [4.78, 5) is 24.2. The van der Waals surface area contributed by atoms with Gasteiger partial charge in [0.2, 0.25) is 5.76 Å². The number of aryl methyl sites for hydroxylation is 2. The van der Waals surface area contributed by atoms with Crippen LogP contribution >= 0.6 is 0 Å². The normalized spacial score (nSPS) is 14.5. The fourth-order valence-electron chi connectivity index (χ4n) is 4.51. The molecule has 0 saturated heterocycles. The Balaban J connectivity index is 1.49. The van der Waals surface area contributed by atoms with Crippen LogP contribution in [0.5, 0.6) is 5.75 Å². The van der Waals surface area contributed by atoms with Crippen molar-refractivity contribution in [2.24, 2.45) is 10.2 Å². The van der Waals surface area contributed by atoms with E-state index in [0.717, 1.165) is 18.5 Å². The summed E-state index contributed by atoms with van der Waals surface area (Å²) >= 11 is 0. The van der Waals surface area contributed by atoms with Crippen LogP contribution in [-0.4, -0.2) is 26.0 Å². The van der Waals surface area contributed by atoms with E-state index >= 15 is 0 Å². The minimum atomic E-state index is -1.21. The molecule has 1 aliphatic rings. The van der Waals surface area contributed by atoms with Crippen LogP contribution in [0.3, 0.4) is 0 Å². The Morgan fingerprint density at radius 1 is 1.17 bits per heavy atom. The van der Waals surface area contributed by atoms with Crippen LogP contribution in [0.1, 0.15) is 47.6 Å². The standard InChI is InChI=1S/C26H24N4O5/c1-14-22(24(32)30(29-14)17-8-7-15-9-10-26(2,3)19(15)12-17)28-27-20-6-4-5-18(23(20)31)16-11-21(25(33)34)35-13-16/h4-8,11-13,29,31H,9-10H2,1-3H3,(H,33,34). The summed E-state index contributed by atoms with van der Waals surface area (Å²) in [5.74, 6) is -1.66. The third kappa shape index (κ3) is 3.84. The van der Waals surface area contributed by atoms with E-state index in [1.54, 1.807) is 25.1 Å². The summed E-state index contributed by atoms with van der Waals surface area (Å²) in [6, 6.07) is 12.1. The minimum Gasteiger partial charge on any atom is -0.505 e. The molecular formula is C26H24N4O5. The molecule has 0 fully saturated rings. The zero-order valence-electron chi connectivity index (χ0n) is 19.5. The number of azo groups is 1. The monoisotopic (exact) mass is 472 g/mol. The first-order chi connectivity index (χ1) is 16.7. The molecule has 2 aromatic carbocycles. The number of para-hydroxylation sites is 1.